The standard InChI is InChI=1S/C14H9F3N4/c15-9-4-3-8(11(16)12(9)17)13-10(14(18)21-20-13)7-2-1-5-19-6-7/h1-6H,(H3,18,20,21). The Kier molecular flexibility index (Phi) is 3.09. The van der Waals surface area contributed by atoms with Crippen molar-refractivity contribution in [2.24, 2.45) is 0 Å². The molecule has 0 saturated heterocycles. The molecule has 4 nitrogen and oxygen atoms in total. The van der Waals surface area contributed by atoms with Gasteiger partial charge in [-0.3, -0.25) is 10.1 Å². The van der Waals surface area contributed by atoms with E-state index in [4.69, 9.17) is 5.73 Å². The van der Waals surface area contributed by atoms with E-state index in [9.17, 15) is 13.2 Å². The summed E-state index contributed by atoms with van der Waals surface area (Å²) in [6.45, 7) is 0. The summed E-state index contributed by atoms with van der Waals surface area (Å²) in [4.78, 5) is 3.95. The molecular formula is C14H9F3N4. The van der Waals surface area contributed by atoms with Crippen LogP contribution in [-0.4, -0.2) is 15.2 Å². The van der Waals surface area contributed by atoms with Gasteiger partial charge in [0, 0.05) is 23.5 Å². The van der Waals surface area contributed by atoms with Gasteiger partial charge in [-0.05, 0) is 18.2 Å². The number of rotatable bonds is 2. The predicted molar refractivity (Wildman–Crippen MR) is 71.5 cm³/mol. The van der Waals surface area contributed by atoms with Gasteiger partial charge in [0.25, 0.3) is 0 Å². The number of benzene rings is 1. The van der Waals surface area contributed by atoms with Gasteiger partial charge in [-0.2, -0.15) is 5.10 Å². The summed E-state index contributed by atoms with van der Waals surface area (Å²) >= 11 is 0. The summed E-state index contributed by atoms with van der Waals surface area (Å²) in [6, 6.07) is 5.35. The fraction of sp³-hybridized carbons (Fsp3) is 0. The van der Waals surface area contributed by atoms with Gasteiger partial charge in [0.1, 0.15) is 0 Å². The Balaban J connectivity index is 2.24. The number of hydrogen-bond acceptors (Lipinski definition) is 3. The van der Waals surface area contributed by atoms with Crippen LogP contribution in [0.25, 0.3) is 22.4 Å². The number of aromatic amines is 1. The first-order valence-corrected chi connectivity index (χ1v) is 5.97. The molecule has 3 N–H and O–H groups in total. The topological polar surface area (TPSA) is 67.6 Å². The molecule has 2 heterocycles. The molecular weight excluding hydrogens is 281 g/mol. The van der Waals surface area contributed by atoms with Gasteiger partial charge in [-0.15, -0.1) is 0 Å². The van der Waals surface area contributed by atoms with Crippen LogP contribution in [0.2, 0.25) is 0 Å². The predicted octanol–water partition coefficient (Wildman–Crippen LogP) is 3.14. The van der Waals surface area contributed by atoms with Crippen LogP contribution in [0.3, 0.4) is 0 Å². The number of hydrogen-bond donors (Lipinski definition) is 2. The molecule has 0 fully saturated rings. The van der Waals surface area contributed by atoms with Crippen LogP contribution in [0.5, 0.6) is 0 Å². The van der Waals surface area contributed by atoms with Gasteiger partial charge < -0.3 is 5.73 Å². The largest absolute Gasteiger partial charge is 0.382 e. The molecule has 3 aromatic rings. The van der Waals surface area contributed by atoms with E-state index in [1.54, 1.807) is 18.3 Å². The smallest absolute Gasteiger partial charge is 0.195 e. The number of halogens is 3. The third-order valence-corrected chi connectivity index (χ3v) is 3.05. The van der Waals surface area contributed by atoms with E-state index >= 15 is 0 Å². The highest BCUT2D eigenvalue weighted by molar-refractivity contribution is 5.87. The van der Waals surface area contributed by atoms with Gasteiger partial charge in [0.05, 0.1) is 11.3 Å². The molecule has 0 amide bonds. The molecule has 106 valence electrons. The molecule has 0 aliphatic carbocycles. The SMILES string of the molecule is Nc1n[nH]c(-c2ccc(F)c(F)c2F)c1-c1cccnc1. The lowest BCUT2D eigenvalue weighted by Gasteiger charge is -2.06. The number of H-pyrrole nitrogens is 1. The fourth-order valence-electron chi connectivity index (χ4n) is 2.07. The second kappa shape index (κ2) is 4.93. The average molecular weight is 290 g/mol. The van der Waals surface area contributed by atoms with Crippen LogP contribution >= 0.6 is 0 Å². The van der Waals surface area contributed by atoms with E-state index in [2.05, 4.69) is 15.2 Å². The first-order chi connectivity index (χ1) is 10.1. The van der Waals surface area contributed by atoms with Crippen molar-refractivity contribution in [1.29, 1.82) is 0 Å². The van der Waals surface area contributed by atoms with Gasteiger partial charge >= 0.3 is 0 Å². The monoisotopic (exact) mass is 290 g/mol. The number of nitrogens with two attached hydrogens (primary N) is 1. The second-order valence-corrected chi connectivity index (χ2v) is 4.32. The van der Waals surface area contributed by atoms with Gasteiger partial charge in [-0.1, -0.05) is 6.07 Å². The lowest BCUT2D eigenvalue weighted by molar-refractivity contribution is 0.449. The maximum Gasteiger partial charge on any atom is 0.195 e. The first-order valence-electron chi connectivity index (χ1n) is 5.97. The number of nitrogen functional groups attached to an aromatic ring is 1. The molecule has 0 atom stereocenters. The summed E-state index contributed by atoms with van der Waals surface area (Å²) < 4.78 is 40.4. The summed E-state index contributed by atoms with van der Waals surface area (Å²) in [7, 11) is 0. The van der Waals surface area contributed by atoms with Crippen molar-refractivity contribution in [2.45, 2.75) is 0 Å². The van der Waals surface area contributed by atoms with Crippen molar-refractivity contribution in [3.05, 3.63) is 54.1 Å². The molecule has 3 rings (SSSR count). The zero-order valence-corrected chi connectivity index (χ0v) is 10.6. The minimum absolute atomic E-state index is 0.113. The van der Waals surface area contributed by atoms with E-state index in [1.165, 1.54) is 6.20 Å². The number of aromatic nitrogens is 3. The molecule has 0 aliphatic rings. The molecule has 0 aliphatic heterocycles. The summed E-state index contributed by atoms with van der Waals surface area (Å²) in [5.41, 5.74) is 6.74. The maximum atomic E-state index is 13.9. The Bertz CT molecular complexity index is 799. The van der Waals surface area contributed by atoms with Crippen LogP contribution in [0, 0.1) is 17.5 Å². The Morgan fingerprint density at radius 3 is 2.57 bits per heavy atom. The zero-order valence-electron chi connectivity index (χ0n) is 10.6. The summed E-state index contributed by atoms with van der Waals surface area (Å²) in [5, 5.41) is 6.35. The normalized spacial score (nSPS) is 10.8. The fourth-order valence-corrected chi connectivity index (χ4v) is 2.07. The maximum absolute atomic E-state index is 13.9. The van der Waals surface area contributed by atoms with Crippen LogP contribution in [0.1, 0.15) is 0 Å². The van der Waals surface area contributed by atoms with Crippen molar-refractivity contribution in [2.75, 3.05) is 5.73 Å². The summed E-state index contributed by atoms with van der Waals surface area (Å²) in [5.74, 6) is -3.99. The minimum Gasteiger partial charge on any atom is -0.382 e. The molecule has 0 unspecified atom stereocenters. The molecule has 1 aromatic carbocycles. The van der Waals surface area contributed by atoms with Crippen molar-refractivity contribution in [3.63, 3.8) is 0 Å². The van der Waals surface area contributed by atoms with E-state index in [0.29, 0.717) is 11.1 Å². The molecule has 0 bridgehead atoms. The van der Waals surface area contributed by atoms with Crippen molar-refractivity contribution in [1.82, 2.24) is 15.2 Å². The van der Waals surface area contributed by atoms with E-state index in [0.717, 1.165) is 12.1 Å². The van der Waals surface area contributed by atoms with Gasteiger partial charge in [-0.25, -0.2) is 13.2 Å². The molecule has 0 radical (unpaired) electrons. The highest BCUT2D eigenvalue weighted by Gasteiger charge is 2.21. The van der Waals surface area contributed by atoms with Crippen LogP contribution in [0.15, 0.2) is 36.7 Å². The Hall–Kier alpha value is -2.83. The van der Waals surface area contributed by atoms with Crippen molar-refractivity contribution < 1.29 is 13.2 Å². The highest BCUT2D eigenvalue weighted by atomic mass is 19.2. The van der Waals surface area contributed by atoms with Crippen LogP contribution in [-0.2, 0) is 0 Å². The quantitative estimate of drug-likeness (QED) is 0.712. The molecule has 0 spiro atoms. The highest BCUT2D eigenvalue weighted by Crippen LogP contribution is 2.36. The summed E-state index contributed by atoms with van der Waals surface area (Å²) in [6.07, 6.45) is 3.08. The Morgan fingerprint density at radius 2 is 1.86 bits per heavy atom. The third kappa shape index (κ3) is 2.12. The van der Waals surface area contributed by atoms with Crippen molar-refractivity contribution >= 4 is 5.82 Å². The molecule has 21 heavy (non-hydrogen) atoms. The van der Waals surface area contributed by atoms with E-state index < -0.39 is 17.5 Å². The molecule has 2 aromatic heterocycles. The lowest BCUT2D eigenvalue weighted by atomic mass is 10.0. The average Bonchev–Trinajstić information content (AvgIpc) is 2.87. The van der Waals surface area contributed by atoms with Crippen LogP contribution < -0.4 is 5.73 Å². The van der Waals surface area contributed by atoms with Crippen LogP contribution in [0.4, 0.5) is 19.0 Å². The van der Waals surface area contributed by atoms with E-state index in [-0.39, 0.29) is 17.1 Å². The van der Waals surface area contributed by atoms with E-state index in [1.807, 2.05) is 0 Å². The van der Waals surface area contributed by atoms with Gasteiger partial charge in [0.2, 0.25) is 0 Å². The Morgan fingerprint density at radius 1 is 1.05 bits per heavy atom. The second-order valence-electron chi connectivity index (χ2n) is 4.32. The molecule has 0 saturated carbocycles. The number of nitrogens with zero attached hydrogens (tertiary/aromatic N) is 2. The third-order valence-electron chi connectivity index (χ3n) is 3.05. The number of nitrogens with one attached hydrogen (secondary N) is 1. The van der Waals surface area contributed by atoms with Crippen molar-refractivity contribution in [3.8, 4) is 22.4 Å². The minimum atomic E-state index is -1.54. The number of anilines is 1. The lowest BCUT2D eigenvalue weighted by Crippen LogP contribution is -1.95. The molecule has 7 heteroatoms. The number of pyridine rings is 1. The Labute approximate surface area is 117 Å². The van der Waals surface area contributed by atoms with Gasteiger partial charge in [0.15, 0.2) is 23.3 Å². The first kappa shape index (κ1) is 13.2. The zero-order chi connectivity index (χ0) is 15.0.